The quantitative estimate of drug-likeness (QED) is 0.109. The fourth-order valence-corrected chi connectivity index (χ4v) is 20.8. The summed E-state index contributed by atoms with van der Waals surface area (Å²) in [5, 5.41) is 4.51. The summed E-state index contributed by atoms with van der Waals surface area (Å²) in [6, 6.07) is 112. The number of allylic oxidation sites excluding steroid dienone is 3. The molecule has 22 rings (SSSR count). The Morgan fingerprint density at radius 2 is 0.634 bits per heavy atom. The van der Waals surface area contributed by atoms with Crippen molar-refractivity contribution in [2.24, 2.45) is 0 Å². The maximum Gasteiger partial charge on any atom is 0.165 e. The Hall–Kier alpha value is -13.5. The van der Waals surface area contributed by atoms with Crippen LogP contribution in [0.3, 0.4) is 0 Å². The number of aromatic nitrogens is 10. The first-order valence-electron chi connectivity index (χ1n) is 37.2. The minimum atomic E-state index is 0.0132. The first kappa shape index (κ1) is 65.6. The standard InChI is InChI=1S/C98H58N10S4/c1-6-25-57(26-7-1)62-35-21-39-67(52-62)96-104-94(61-33-14-5-15-34-61)106-98(108-96)77-55-69(54-76-70-50-49-66(56-81(70)112-88(76)77)83-89-84(71-41-16-18-46-78(71)109-89)100-91(99-83)58-27-8-2-9-28-58)65-38-20-36-63(51-65)64-37-22-40-68(53-64)95-103-93(60-31-12-4-13-32-60)105-97(107-95)75-45-23-44-74-82-73(43-24-48-80(82)111-87(74)75)86-90-85(72-42-17-19-47-79(72)110-90)101-92(102-86)59-29-10-3-11-30-59/h1-56,70,81H. The molecule has 112 heavy (non-hydrogen) atoms. The SMILES string of the molecule is C1=CC2c3cc(-c4cccc(-c5cccc(-c6nc(-c7ccccc7)nc(-c7cccc8c7sc7cccc(-c9nc(-c%10ccccc%10)nc%10c9sc9ccccc9%10)c78)n6)c5)c4)cc(-c4nc(-c5ccccc5)nc(-c5cccc(-c6ccccc6)c5)n4)c3SC2C=C1c1nc(-c2ccccc2)nc2c1sc1ccccc12. The number of hydrogen-bond acceptors (Lipinski definition) is 14. The lowest BCUT2D eigenvalue weighted by Gasteiger charge is -2.20. The summed E-state index contributed by atoms with van der Waals surface area (Å²) >= 11 is 7.12. The predicted molar refractivity (Wildman–Crippen MR) is 464 cm³/mol. The van der Waals surface area contributed by atoms with Crippen LogP contribution in [0.1, 0.15) is 17.2 Å². The molecular weight excluding hydrogens is 1450 g/mol. The summed E-state index contributed by atoms with van der Waals surface area (Å²) in [4.78, 5) is 55.0. The highest BCUT2D eigenvalue weighted by molar-refractivity contribution is 8.00. The molecule has 2 atom stereocenters. The molecule has 13 aromatic carbocycles. The van der Waals surface area contributed by atoms with Crippen molar-refractivity contribution in [1.29, 1.82) is 0 Å². The van der Waals surface area contributed by atoms with Crippen molar-refractivity contribution in [3.05, 3.63) is 351 Å². The van der Waals surface area contributed by atoms with Gasteiger partial charge in [-0.25, -0.2) is 49.8 Å². The van der Waals surface area contributed by atoms with Gasteiger partial charge in [-0.05, 0) is 99.1 Å². The minimum absolute atomic E-state index is 0.0132. The molecule has 0 spiro atoms. The van der Waals surface area contributed by atoms with E-state index < -0.39 is 0 Å². The molecule has 0 saturated carbocycles. The van der Waals surface area contributed by atoms with E-state index in [9.17, 15) is 0 Å². The van der Waals surface area contributed by atoms with Gasteiger partial charge in [-0.15, -0.1) is 45.8 Å². The zero-order valence-corrected chi connectivity index (χ0v) is 62.9. The van der Waals surface area contributed by atoms with Gasteiger partial charge in [0.15, 0.2) is 46.6 Å². The lowest BCUT2D eigenvalue weighted by Crippen LogP contribution is -2.10. The first-order chi connectivity index (χ1) is 55.4. The second kappa shape index (κ2) is 27.3. The number of thioether (sulfide) groups is 1. The number of fused-ring (bicyclic) bond motifs is 12. The van der Waals surface area contributed by atoms with Crippen molar-refractivity contribution < 1.29 is 0 Å². The summed E-state index contributed by atoms with van der Waals surface area (Å²) < 4.78 is 6.71. The highest BCUT2D eigenvalue weighted by Crippen LogP contribution is 2.55. The van der Waals surface area contributed by atoms with E-state index in [2.05, 4.69) is 273 Å². The Morgan fingerprint density at radius 1 is 0.250 bits per heavy atom. The van der Waals surface area contributed by atoms with Crippen molar-refractivity contribution in [3.63, 3.8) is 0 Å². The first-order valence-corrected chi connectivity index (χ1v) is 40.5. The van der Waals surface area contributed by atoms with E-state index in [1.165, 1.54) is 15.0 Å². The Labute approximate surface area is 659 Å². The van der Waals surface area contributed by atoms with E-state index >= 15 is 0 Å². The van der Waals surface area contributed by atoms with Crippen LogP contribution < -0.4 is 0 Å². The fraction of sp³-hybridized carbons (Fsp3) is 0.0204. The lowest BCUT2D eigenvalue weighted by atomic mass is 9.86. The Morgan fingerprint density at radius 3 is 1.20 bits per heavy atom. The second-order valence-corrected chi connectivity index (χ2v) is 32.4. The van der Waals surface area contributed by atoms with E-state index in [0.29, 0.717) is 46.6 Å². The molecule has 524 valence electrons. The van der Waals surface area contributed by atoms with Crippen molar-refractivity contribution in [1.82, 2.24) is 49.8 Å². The molecule has 0 radical (unpaired) electrons. The van der Waals surface area contributed by atoms with Crippen molar-refractivity contribution >= 4 is 112 Å². The Bertz CT molecular complexity index is 7250. The molecule has 2 unspecified atom stereocenters. The molecular formula is C98H58N10S4. The van der Waals surface area contributed by atoms with Gasteiger partial charge >= 0.3 is 0 Å². The molecule has 20 aromatic rings. The van der Waals surface area contributed by atoms with Crippen molar-refractivity contribution in [3.8, 4) is 136 Å². The monoisotopic (exact) mass is 1500 g/mol. The molecule has 8 heterocycles. The van der Waals surface area contributed by atoms with Crippen LogP contribution in [0.15, 0.2) is 345 Å². The van der Waals surface area contributed by atoms with E-state index in [4.69, 9.17) is 49.8 Å². The summed E-state index contributed by atoms with van der Waals surface area (Å²) in [6.07, 6.45) is 7.11. The number of nitrogens with zero attached hydrogens (tertiary/aromatic N) is 10. The number of hydrogen-bond donors (Lipinski definition) is 0. The van der Waals surface area contributed by atoms with Gasteiger partial charge in [0.05, 0.1) is 31.8 Å². The molecule has 2 aliphatic rings. The normalized spacial score (nSPS) is 13.9. The topological polar surface area (TPSA) is 129 Å². The maximum atomic E-state index is 5.54. The van der Waals surface area contributed by atoms with Crippen molar-refractivity contribution in [2.75, 3.05) is 0 Å². The molecule has 0 saturated heterocycles. The van der Waals surface area contributed by atoms with Crippen LogP contribution in [0.2, 0.25) is 0 Å². The number of rotatable bonds is 13. The molecule has 14 heteroatoms. The van der Waals surface area contributed by atoms with E-state index in [-0.39, 0.29) is 11.2 Å². The van der Waals surface area contributed by atoms with Gasteiger partial charge in [-0.3, -0.25) is 0 Å². The Balaban J connectivity index is 0.669. The van der Waals surface area contributed by atoms with Crippen LogP contribution in [-0.2, 0) is 0 Å². The fourth-order valence-electron chi connectivity index (χ4n) is 15.8. The molecule has 7 aromatic heterocycles. The highest BCUT2D eigenvalue weighted by Gasteiger charge is 2.37. The van der Waals surface area contributed by atoms with Crippen LogP contribution in [0.25, 0.3) is 202 Å². The third-order valence-electron chi connectivity index (χ3n) is 21.2. The van der Waals surface area contributed by atoms with E-state index in [1.54, 1.807) is 34.0 Å². The minimum Gasteiger partial charge on any atom is -0.226 e. The van der Waals surface area contributed by atoms with Crippen molar-refractivity contribution in [2.45, 2.75) is 16.1 Å². The van der Waals surface area contributed by atoms with Crippen LogP contribution >= 0.6 is 45.8 Å². The van der Waals surface area contributed by atoms with Gasteiger partial charge in [0.1, 0.15) is 0 Å². The molecule has 0 bridgehead atoms. The van der Waals surface area contributed by atoms with Gasteiger partial charge in [-0.1, -0.05) is 285 Å². The van der Waals surface area contributed by atoms with Gasteiger partial charge in [-0.2, -0.15) is 0 Å². The average molecular weight is 1500 g/mol. The molecule has 0 N–H and O–H groups in total. The smallest absolute Gasteiger partial charge is 0.165 e. The molecule has 10 nitrogen and oxygen atoms in total. The lowest BCUT2D eigenvalue weighted by molar-refractivity contribution is 0.883. The Kier molecular flexibility index (Phi) is 16.0. The molecule has 1 aliphatic heterocycles. The molecule has 0 fully saturated rings. The maximum absolute atomic E-state index is 5.54. The highest BCUT2D eigenvalue weighted by atomic mass is 32.2. The number of thiophene rings is 3. The summed E-state index contributed by atoms with van der Waals surface area (Å²) in [5.74, 6) is 4.94. The largest absolute Gasteiger partial charge is 0.226 e. The van der Waals surface area contributed by atoms with Crippen LogP contribution in [0.4, 0.5) is 0 Å². The van der Waals surface area contributed by atoms with Gasteiger partial charge in [0.25, 0.3) is 0 Å². The van der Waals surface area contributed by atoms with Gasteiger partial charge in [0.2, 0.25) is 0 Å². The average Bonchev–Trinajstić information content (AvgIpc) is 1.57. The molecule has 0 amide bonds. The predicted octanol–water partition coefficient (Wildman–Crippen LogP) is 26.0. The van der Waals surface area contributed by atoms with E-state index in [1.807, 2.05) is 78.5 Å². The second-order valence-electron chi connectivity index (χ2n) is 28.0. The third kappa shape index (κ3) is 11.6. The van der Waals surface area contributed by atoms with Gasteiger partial charge < -0.3 is 0 Å². The number of benzene rings is 13. The zero-order valence-electron chi connectivity index (χ0n) is 59.6. The zero-order chi connectivity index (χ0) is 73.7. The summed E-state index contributed by atoms with van der Waals surface area (Å²) in [6.45, 7) is 0. The van der Waals surface area contributed by atoms with Crippen LogP contribution in [-0.4, -0.2) is 55.1 Å². The third-order valence-corrected chi connectivity index (χ3v) is 26.1. The summed E-state index contributed by atoms with van der Waals surface area (Å²) in [7, 11) is 0. The van der Waals surface area contributed by atoms with Crippen LogP contribution in [0, 0.1) is 0 Å². The summed E-state index contributed by atoms with van der Waals surface area (Å²) in [5.41, 5.74) is 20.8. The van der Waals surface area contributed by atoms with Crippen LogP contribution in [0.5, 0.6) is 0 Å². The molecule has 1 aliphatic carbocycles. The van der Waals surface area contributed by atoms with Gasteiger partial charge in [0, 0.05) is 106 Å². The van der Waals surface area contributed by atoms with E-state index in [0.717, 1.165) is 157 Å².